The lowest BCUT2D eigenvalue weighted by molar-refractivity contribution is 0.711. The molecule has 1 aliphatic rings. The Morgan fingerprint density at radius 3 is 2.87 bits per heavy atom. The zero-order valence-corrected chi connectivity index (χ0v) is 9.72. The van der Waals surface area contributed by atoms with Crippen molar-refractivity contribution in [2.75, 3.05) is 0 Å². The minimum atomic E-state index is 0.348. The minimum Gasteiger partial charge on any atom is -0.327 e. The third-order valence-corrected chi connectivity index (χ3v) is 3.20. The zero-order valence-electron chi connectivity index (χ0n) is 8.96. The van der Waals surface area contributed by atoms with Gasteiger partial charge in [-0.15, -0.1) is 0 Å². The van der Waals surface area contributed by atoms with E-state index in [1.807, 2.05) is 13.0 Å². The summed E-state index contributed by atoms with van der Waals surface area (Å²) in [6.45, 7) is 2.05. The van der Waals surface area contributed by atoms with Crippen molar-refractivity contribution in [1.29, 1.82) is 0 Å². The summed E-state index contributed by atoms with van der Waals surface area (Å²) in [7, 11) is 0. The molecule has 1 atom stereocenters. The lowest BCUT2D eigenvalue weighted by Gasteiger charge is -2.02. The van der Waals surface area contributed by atoms with Crippen LogP contribution in [0.4, 0.5) is 0 Å². The van der Waals surface area contributed by atoms with Gasteiger partial charge in [-0.25, -0.2) is 0 Å². The van der Waals surface area contributed by atoms with E-state index < -0.39 is 0 Å². The topological polar surface area (TPSA) is 26.0 Å². The third-order valence-electron chi connectivity index (χ3n) is 2.88. The molecule has 0 heterocycles. The van der Waals surface area contributed by atoms with Crippen LogP contribution in [0, 0.1) is 6.92 Å². The van der Waals surface area contributed by atoms with Crippen LogP contribution in [0.3, 0.4) is 0 Å². The summed E-state index contributed by atoms with van der Waals surface area (Å²) >= 11 is 6.17. The van der Waals surface area contributed by atoms with Crippen LogP contribution in [0.25, 0.3) is 6.08 Å². The molecule has 2 heteroatoms. The van der Waals surface area contributed by atoms with E-state index in [1.54, 1.807) is 0 Å². The number of benzene rings is 1. The average Bonchev–Trinajstić information content (AvgIpc) is 2.56. The Labute approximate surface area is 95.9 Å². The Balaban J connectivity index is 2.24. The molecule has 2 rings (SSSR count). The Morgan fingerprint density at radius 1 is 1.47 bits per heavy atom. The van der Waals surface area contributed by atoms with E-state index in [0.717, 1.165) is 29.8 Å². The van der Waals surface area contributed by atoms with Gasteiger partial charge in [0.25, 0.3) is 0 Å². The van der Waals surface area contributed by atoms with Crippen LogP contribution in [-0.2, 0) is 0 Å². The van der Waals surface area contributed by atoms with Crippen molar-refractivity contribution >= 4 is 17.7 Å². The SMILES string of the molecule is Cc1ccc(/C=C2/CCC(N)C2)c(Cl)c1. The van der Waals surface area contributed by atoms with E-state index in [4.69, 9.17) is 17.3 Å². The highest BCUT2D eigenvalue weighted by molar-refractivity contribution is 6.32. The normalized spacial score (nSPS) is 23.7. The van der Waals surface area contributed by atoms with Crippen LogP contribution >= 0.6 is 11.6 Å². The van der Waals surface area contributed by atoms with Crippen molar-refractivity contribution in [1.82, 2.24) is 0 Å². The van der Waals surface area contributed by atoms with Crippen molar-refractivity contribution in [3.63, 3.8) is 0 Å². The molecule has 80 valence electrons. The quantitative estimate of drug-likeness (QED) is 0.771. The Hall–Kier alpha value is -0.790. The second kappa shape index (κ2) is 4.38. The van der Waals surface area contributed by atoms with E-state index in [0.29, 0.717) is 6.04 Å². The van der Waals surface area contributed by atoms with Crippen LogP contribution in [-0.4, -0.2) is 6.04 Å². The molecule has 2 N–H and O–H groups in total. The van der Waals surface area contributed by atoms with E-state index >= 15 is 0 Å². The van der Waals surface area contributed by atoms with Crippen molar-refractivity contribution in [2.24, 2.45) is 5.73 Å². The molecule has 0 aliphatic heterocycles. The number of hydrogen-bond donors (Lipinski definition) is 1. The molecular formula is C13H16ClN. The van der Waals surface area contributed by atoms with E-state index in [1.165, 1.54) is 11.1 Å². The summed E-state index contributed by atoms with van der Waals surface area (Å²) < 4.78 is 0. The standard InChI is InChI=1S/C13H16ClN/c1-9-2-4-11(13(14)6-9)7-10-3-5-12(15)8-10/h2,4,6-7,12H,3,5,8,15H2,1H3/b10-7-. The van der Waals surface area contributed by atoms with Gasteiger partial charge in [-0.3, -0.25) is 0 Å². The molecule has 1 unspecified atom stereocenters. The molecule has 15 heavy (non-hydrogen) atoms. The molecular weight excluding hydrogens is 206 g/mol. The van der Waals surface area contributed by atoms with Gasteiger partial charge in [-0.1, -0.05) is 35.4 Å². The largest absolute Gasteiger partial charge is 0.327 e. The number of aryl methyl sites for hydroxylation is 1. The average molecular weight is 222 g/mol. The molecule has 0 bridgehead atoms. The molecule has 1 aromatic rings. The molecule has 0 spiro atoms. The number of nitrogens with two attached hydrogens (primary N) is 1. The first kappa shape index (κ1) is 10.7. The fraction of sp³-hybridized carbons (Fsp3) is 0.385. The van der Waals surface area contributed by atoms with E-state index in [-0.39, 0.29) is 0 Å². The van der Waals surface area contributed by atoms with Gasteiger partial charge >= 0.3 is 0 Å². The molecule has 0 radical (unpaired) electrons. The molecule has 0 saturated heterocycles. The molecule has 1 saturated carbocycles. The summed E-state index contributed by atoms with van der Waals surface area (Å²) in [4.78, 5) is 0. The van der Waals surface area contributed by atoms with Crippen molar-refractivity contribution in [2.45, 2.75) is 32.2 Å². The predicted molar refractivity (Wildman–Crippen MR) is 66.0 cm³/mol. The van der Waals surface area contributed by atoms with Crippen molar-refractivity contribution < 1.29 is 0 Å². The van der Waals surface area contributed by atoms with Gasteiger partial charge in [-0.2, -0.15) is 0 Å². The molecule has 1 aromatic carbocycles. The first-order valence-corrected chi connectivity index (χ1v) is 5.74. The van der Waals surface area contributed by atoms with Crippen molar-refractivity contribution in [3.8, 4) is 0 Å². The van der Waals surface area contributed by atoms with Crippen LogP contribution in [0.2, 0.25) is 5.02 Å². The summed E-state index contributed by atoms with van der Waals surface area (Å²) in [6, 6.07) is 6.52. The van der Waals surface area contributed by atoms with Gasteiger partial charge in [-0.05, 0) is 43.4 Å². The fourth-order valence-electron chi connectivity index (χ4n) is 2.01. The molecule has 1 aliphatic carbocycles. The highest BCUT2D eigenvalue weighted by atomic mass is 35.5. The number of hydrogen-bond acceptors (Lipinski definition) is 1. The first-order valence-electron chi connectivity index (χ1n) is 5.36. The summed E-state index contributed by atoms with van der Waals surface area (Å²) in [5.41, 5.74) is 9.61. The van der Waals surface area contributed by atoms with E-state index in [2.05, 4.69) is 18.2 Å². The second-order valence-corrected chi connectivity index (χ2v) is 4.74. The molecule has 1 fully saturated rings. The summed E-state index contributed by atoms with van der Waals surface area (Å²) in [5.74, 6) is 0. The highest BCUT2D eigenvalue weighted by Crippen LogP contribution is 2.28. The van der Waals surface area contributed by atoms with Crippen LogP contribution in [0.15, 0.2) is 23.8 Å². The second-order valence-electron chi connectivity index (χ2n) is 4.33. The summed E-state index contributed by atoms with van der Waals surface area (Å²) in [6.07, 6.45) is 5.43. The Bertz CT molecular complexity index is 396. The van der Waals surface area contributed by atoms with Crippen molar-refractivity contribution in [3.05, 3.63) is 39.9 Å². The molecule has 0 amide bonds. The first-order chi connectivity index (χ1) is 7.15. The van der Waals surface area contributed by atoms with E-state index in [9.17, 15) is 0 Å². The van der Waals surface area contributed by atoms with Crippen LogP contribution in [0.5, 0.6) is 0 Å². The Kier molecular flexibility index (Phi) is 3.13. The lowest BCUT2D eigenvalue weighted by atomic mass is 10.1. The Morgan fingerprint density at radius 2 is 2.27 bits per heavy atom. The molecule has 0 aromatic heterocycles. The molecule has 1 nitrogen and oxygen atoms in total. The van der Waals surface area contributed by atoms with Crippen LogP contribution < -0.4 is 5.73 Å². The highest BCUT2D eigenvalue weighted by Gasteiger charge is 2.15. The number of halogens is 1. The van der Waals surface area contributed by atoms with Gasteiger partial charge in [0, 0.05) is 11.1 Å². The maximum Gasteiger partial charge on any atom is 0.0480 e. The monoisotopic (exact) mass is 221 g/mol. The maximum atomic E-state index is 6.17. The number of rotatable bonds is 1. The predicted octanol–water partition coefficient (Wildman–Crippen LogP) is 3.54. The van der Waals surface area contributed by atoms with Gasteiger partial charge in [0.15, 0.2) is 0 Å². The zero-order chi connectivity index (χ0) is 10.8. The van der Waals surface area contributed by atoms with Crippen LogP contribution in [0.1, 0.15) is 30.4 Å². The lowest BCUT2D eigenvalue weighted by Crippen LogP contribution is -2.13. The fourth-order valence-corrected chi connectivity index (χ4v) is 2.30. The maximum absolute atomic E-state index is 6.17. The van der Waals surface area contributed by atoms with Gasteiger partial charge in [0.05, 0.1) is 0 Å². The van der Waals surface area contributed by atoms with Gasteiger partial charge in [0.2, 0.25) is 0 Å². The van der Waals surface area contributed by atoms with Gasteiger partial charge < -0.3 is 5.73 Å². The summed E-state index contributed by atoms with van der Waals surface area (Å²) in [5, 5.41) is 0.836. The smallest absolute Gasteiger partial charge is 0.0480 e. The van der Waals surface area contributed by atoms with Gasteiger partial charge in [0.1, 0.15) is 0 Å². The minimum absolute atomic E-state index is 0.348. The third kappa shape index (κ3) is 2.61.